The van der Waals surface area contributed by atoms with Gasteiger partial charge in [0, 0.05) is 42.8 Å². The summed E-state index contributed by atoms with van der Waals surface area (Å²) in [5, 5.41) is 33.3. The Morgan fingerprint density at radius 1 is 1.05 bits per heavy atom. The molecule has 1 saturated heterocycles. The van der Waals surface area contributed by atoms with Crippen molar-refractivity contribution in [2.24, 2.45) is 13.0 Å². The van der Waals surface area contributed by atoms with Gasteiger partial charge in [0.05, 0.1) is 18.8 Å². The third kappa shape index (κ3) is 7.16. The van der Waals surface area contributed by atoms with E-state index in [-0.39, 0.29) is 49.9 Å². The number of carbonyl (C=O) groups excluding carboxylic acids is 1. The summed E-state index contributed by atoms with van der Waals surface area (Å²) in [6.07, 6.45) is -0.691. The Bertz CT molecular complexity index is 1220. The number of nitrogens with one attached hydrogen (secondary N) is 1. The average molecular weight is 542 g/mol. The number of thioether (sulfide) groups is 1. The minimum Gasteiger partial charge on any atom is -0.481 e. The largest absolute Gasteiger partial charge is 0.481 e. The lowest BCUT2D eigenvalue weighted by molar-refractivity contribution is -0.268. The van der Waals surface area contributed by atoms with Crippen LogP contribution < -0.4 is 5.32 Å². The van der Waals surface area contributed by atoms with E-state index in [0.717, 1.165) is 16.7 Å². The number of ether oxygens (including phenoxy) is 2. The normalized spacial score (nSPS) is 21.2. The van der Waals surface area contributed by atoms with Crippen LogP contribution in [0.25, 0.3) is 0 Å². The van der Waals surface area contributed by atoms with E-state index in [2.05, 4.69) is 27.8 Å². The number of carbonyl (C=O) groups is 2. The highest BCUT2D eigenvalue weighted by molar-refractivity contribution is 7.99. The van der Waals surface area contributed by atoms with E-state index >= 15 is 0 Å². The van der Waals surface area contributed by atoms with Crippen molar-refractivity contribution in [1.82, 2.24) is 20.2 Å². The molecule has 4 rings (SSSR count). The van der Waals surface area contributed by atoms with E-state index in [4.69, 9.17) is 14.6 Å². The summed E-state index contributed by atoms with van der Waals surface area (Å²) in [4.78, 5) is 22.8. The molecule has 0 bridgehead atoms. The molecule has 0 aliphatic carbocycles. The molecule has 0 radical (unpaired) electrons. The standard InChI is InChI=1S/C26H31N5O6S/c1-16-21(15-38-26-28-29-30-31(26)2)36-25(37-24(16)18-8-6-17(14-32)7-9-18)19-10-12-20(13-11-19)27-22(33)4-3-5-23(34)35/h6-13,16,21,24-25,32H,3-5,14-15H2,1-2H3,(H,27,33)(H,34,35). The molecular formula is C26H31N5O6S. The molecule has 1 amide bonds. The lowest BCUT2D eigenvalue weighted by Crippen LogP contribution is -2.38. The van der Waals surface area contributed by atoms with Gasteiger partial charge in [-0.2, -0.15) is 0 Å². The van der Waals surface area contributed by atoms with Crippen LogP contribution in [-0.2, 0) is 32.7 Å². The molecule has 3 aromatic rings. The number of aliphatic hydroxyl groups is 1. The van der Waals surface area contributed by atoms with Crippen LogP contribution >= 0.6 is 11.8 Å². The summed E-state index contributed by atoms with van der Waals surface area (Å²) in [6.45, 7) is 2.06. The van der Waals surface area contributed by atoms with Crippen molar-refractivity contribution in [2.75, 3.05) is 11.1 Å². The Hall–Kier alpha value is -3.32. The van der Waals surface area contributed by atoms with E-state index in [9.17, 15) is 14.7 Å². The fourth-order valence-corrected chi connectivity index (χ4v) is 5.17. The number of aliphatic carboxylic acids is 1. The monoisotopic (exact) mass is 541 g/mol. The number of aliphatic hydroxyl groups excluding tert-OH is 1. The van der Waals surface area contributed by atoms with Gasteiger partial charge in [-0.1, -0.05) is 55.1 Å². The molecule has 4 unspecified atom stereocenters. The zero-order chi connectivity index (χ0) is 27.1. The number of tetrazole rings is 1. The zero-order valence-corrected chi connectivity index (χ0v) is 22.0. The van der Waals surface area contributed by atoms with Crippen molar-refractivity contribution in [3.05, 3.63) is 65.2 Å². The number of rotatable bonds is 11. The fourth-order valence-electron chi connectivity index (χ4n) is 4.16. The Labute approximate surface area is 224 Å². The molecule has 2 aromatic carbocycles. The maximum Gasteiger partial charge on any atom is 0.303 e. The zero-order valence-electron chi connectivity index (χ0n) is 21.2. The quantitative estimate of drug-likeness (QED) is 0.308. The lowest BCUT2D eigenvalue weighted by Gasteiger charge is -2.41. The van der Waals surface area contributed by atoms with E-state index in [1.54, 1.807) is 23.9 Å². The number of hydrogen-bond donors (Lipinski definition) is 3. The molecule has 2 heterocycles. The van der Waals surface area contributed by atoms with Crippen LogP contribution in [0, 0.1) is 5.92 Å². The van der Waals surface area contributed by atoms with Crippen molar-refractivity contribution in [3.63, 3.8) is 0 Å². The van der Waals surface area contributed by atoms with Gasteiger partial charge in [-0.05, 0) is 40.1 Å². The molecule has 38 heavy (non-hydrogen) atoms. The highest BCUT2D eigenvalue weighted by Gasteiger charge is 2.38. The molecule has 4 atom stereocenters. The Morgan fingerprint density at radius 2 is 1.76 bits per heavy atom. The summed E-state index contributed by atoms with van der Waals surface area (Å²) in [6, 6.07) is 14.9. The second-order valence-corrected chi connectivity index (χ2v) is 10.1. The average Bonchev–Trinajstić information content (AvgIpc) is 3.33. The van der Waals surface area contributed by atoms with Crippen molar-refractivity contribution in [1.29, 1.82) is 0 Å². The number of benzene rings is 2. The maximum atomic E-state index is 12.1. The van der Waals surface area contributed by atoms with Gasteiger partial charge in [0.1, 0.15) is 0 Å². The van der Waals surface area contributed by atoms with Crippen molar-refractivity contribution < 1.29 is 29.3 Å². The van der Waals surface area contributed by atoms with Crippen LogP contribution in [0.5, 0.6) is 0 Å². The molecule has 0 spiro atoms. The van der Waals surface area contributed by atoms with Crippen LogP contribution in [0.1, 0.15) is 55.3 Å². The Kier molecular flexibility index (Phi) is 9.45. The van der Waals surface area contributed by atoms with Crippen molar-refractivity contribution in [3.8, 4) is 0 Å². The smallest absolute Gasteiger partial charge is 0.303 e. The fraction of sp³-hybridized carbons (Fsp3) is 0.423. The number of carboxylic acids is 1. The minimum absolute atomic E-state index is 0.0178. The summed E-state index contributed by atoms with van der Waals surface area (Å²) < 4.78 is 14.5. The molecule has 202 valence electrons. The first-order valence-corrected chi connectivity index (χ1v) is 13.3. The van der Waals surface area contributed by atoms with Gasteiger partial charge in [0.25, 0.3) is 0 Å². The van der Waals surface area contributed by atoms with Crippen LogP contribution in [-0.4, -0.2) is 54.2 Å². The summed E-state index contributed by atoms with van der Waals surface area (Å²) >= 11 is 1.51. The van der Waals surface area contributed by atoms with Crippen molar-refractivity contribution >= 4 is 29.3 Å². The highest BCUT2D eigenvalue weighted by Crippen LogP contribution is 2.43. The summed E-state index contributed by atoms with van der Waals surface area (Å²) in [7, 11) is 1.79. The first-order chi connectivity index (χ1) is 18.3. The maximum absolute atomic E-state index is 12.1. The van der Waals surface area contributed by atoms with Gasteiger partial charge in [-0.15, -0.1) is 5.10 Å². The Balaban J connectivity index is 1.48. The molecule has 12 heteroatoms. The van der Waals surface area contributed by atoms with Crippen LogP contribution in [0.4, 0.5) is 5.69 Å². The van der Waals surface area contributed by atoms with Crippen LogP contribution in [0.15, 0.2) is 53.7 Å². The number of aryl methyl sites for hydroxylation is 1. The molecule has 1 aliphatic rings. The van der Waals surface area contributed by atoms with Gasteiger partial charge in [-0.3, -0.25) is 9.59 Å². The summed E-state index contributed by atoms with van der Waals surface area (Å²) in [5.41, 5.74) is 3.22. The van der Waals surface area contributed by atoms with Crippen LogP contribution in [0.2, 0.25) is 0 Å². The number of amides is 1. The van der Waals surface area contributed by atoms with Gasteiger partial charge in [0.2, 0.25) is 11.1 Å². The van der Waals surface area contributed by atoms with Gasteiger partial charge in [-0.25, -0.2) is 4.68 Å². The Morgan fingerprint density at radius 3 is 2.39 bits per heavy atom. The predicted molar refractivity (Wildman–Crippen MR) is 139 cm³/mol. The number of carboxylic acid groups (broad SMARTS) is 1. The third-order valence-corrected chi connectivity index (χ3v) is 7.44. The first kappa shape index (κ1) is 27.7. The highest BCUT2D eigenvalue weighted by atomic mass is 32.2. The SMILES string of the molecule is CC1C(CSc2nnnn2C)OC(c2ccc(NC(=O)CCCC(=O)O)cc2)OC1c1ccc(CO)cc1. The summed E-state index contributed by atoms with van der Waals surface area (Å²) in [5.74, 6) is -0.522. The number of hydrogen-bond acceptors (Lipinski definition) is 9. The molecule has 3 N–H and O–H groups in total. The van der Waals surface area contributed by atoms with E-state index in [1.165, 1.54) is 11.8 Å². The van der Waals surface area contributed by atoms with E-state index in [1.807, 2.05) is 36.4 Å². The molecular weight excluding hydrogens is 510 g/mol. The number of aromatic nitrogens is 4. The lowest BCUT2D eigenvalue weighted by atomic mass is 9.91. The van der Waals surface area contributed by atoms with E-state index < -0.39 is 12.3 Å². The predicted octanol–water partition coefficient (Wildman–Crippen LogP) is 3.48. The van der Waals surface area contributed by atoms with Gasteiger partial charge < -0.3 is 25.0 Å². The number of nitrogens with zero attached hydrogens (tertiary/aromatic N) is 4. The van der Waals surface area contributed by atoms with Gasteiger partial charge >= 0.3 is 5.97 Å². The second kappa shape index (κ2) is 13.0. The van der Waals surface area contributed by atoms with Gasteiger partial charge in [0.15, 0.2) is 6.29 Å². The minimum atomic E-state index is -0.920. The topological polar surface area (TPSA) is 149 Å². The molecule has 1 fully saturated rings. The molecule has 1 aliphatic heterocycles. The molecule has 1 aromatic heterocycles. The first-order valence-electron chi connectivity index (χ1n) is 12.3. The second-order valence-electron chi connectivity index (χ2n) is 9.14. The molecule has 0 saturated carbocycles. The molecule has 11 nitrogen and oxygen atoms in total. The third-order valence-electron chi connectivity index (χ3n) is 6.34. The van der Waals surface area contributed by atoms with Crippen molar-refractivity contribution in [2.45, 2.75) is 56.4 Å². The number of anilines is 1. The van der Waals surface area contributed by atoms with Crippen LogP contribution in [0.3, 0.4) is 0 Å². The van der Waals surface area contributed by atoms with E-state index in [0.29, 0.717) is 16.6 Å².